The van der Waals surface area contributed by atoms with Crippen LogP contribution in [0.5, 0.6) is 0 Å². The summed E-state index contributed by atoms with van der Waals surface area (Å²) in [5.74, 6) is 0.864. The van der Waals surface area contributed by atoms with Crippen LogP contribution in [0.15, 0.2) is 18.2 Å². The fraction of sp³-hybridized carbons (Fsp3) is 0.429. The van der Waals surface area contributed by atoms with E-state index in [0.29, 0.717) is 11.6 Å². The molecule has 0 aliphatic rings. The minimum Gasteiger partial charge on any atom is -0.370 e. The molecule has 5 heteroatoms. The number of aromatic nitrogens is 3. The molecule has 0 bridgehead atoms. The van der Waals surface area contributed by atoms with Crippen molar-refractivity contribution in [2.24, 2.45) is 0 Å². The summed E-state index contributed by atoms with van der Waals surface area (Å²) in [6.45, 7) is 7.65. The van der Waals surface area contributed by atoms with Gasteiger partial charge in [-0.15, -0.1) is 0 Å². The first-order valence-electron chi connectivity index (χ1n) is 6.50. The summed E-state index contributed by atoms with van der Waals surface area (Å²) >= 11 is 6.21. The van der Waals surface area contributed by atoms with Crippen molar-refractivity contribution in [3.63, 3.8) is 0 Å². The van der Waals surface area contributed by atoms with Crippen LogP contribution in [0.4, 0.5) is 5.82 Å². The number of nitrogens with zero attached hydrogens (tertiary/aromatic N) is 3. The fourth-order valence-electron chi connectivity index (χ4n) is 1.92. The molecule has 0 fully saturated rings. The van der Waals surface area contributed by atoms with Gasteiger partial charge in [0.25, 0.3) is 0 Å². The number of halogens is 1. The van der Waals surface area contributed by atoms with Crippen LogP contribution in [0.25, 0.3) is 0 Å². The zero-order valence-electron chi connectivity index (χ0n) is 11.6. The lowest BCUT2D eigenvalue weighted by Crippen LogP contribution is -2.09. The summed E-state index contributed by atoms with van der Waals surface area (Å²) < 4.78 is 1.92. The SMILES string of the molecule is CCCNc1ccc(Cl)c(Cn2nc(C)cc2C)n1. The molecule has 2 aromatic rings. The van der Waals surface area contributed by atoms with Crippen LogP contribution in [0.2, 0.25) is 5.02 Å². The van der Waals surface area contributed by atoms with E-state index in [0.717, 1.165) is 35.9 Å². The van der Waals surface area contributed by atoms with Crippen LogP contribution in [0, 0.1) is 13.8 Å². The molecule has 0 saturated heterocycles. The van der Waals surface area contributed by atoms with Gasteiger partial charge < -0.3 is 5.32 Å². The third kappa shape index (κ3) is 3.47. The maximum atomic E-state index is 6.21. The summed E-state index contributed by atoms with van der Waals surface area (Å²) in [6.07, 6.45) is 1.07. The summed E-state index contributed by atoms with van der Waals surface area (Å²) in [5.41, 5.74) is 2.96. The zero-order valence-corrected chi connectivity index (χ0v) is 12.3. The molecule has 0 atom stereocenters. The highest BCUT2D eigenvalue weighted by Gasteiger charge is 2.08. The number of aryl methyl sites for hydroxylation is 2. The average Bonchev–Trinajstić information content (AvgIpc) is 2.69. The van der Waals surface area contributed by atoms with Crippen molar-refractivity contribution in [3.8, 4) is 0 Å². The van der Waals surface area contributed by atoms with E-state index in [9.17, 15) is 0 Å². The largest absolute Gasteiger partial charge is 0.370 e. The average molecular weight is 279 g/mol. The van der Waals surface area contributed by atoms with Gasteiger partial charge in [0.2, 0.25) is 0 Å². The fourth-order valence-corrected chi connectivity index (χ4v) is 2.09. The van der Waals surface area contributed by atoms with E-state index in [1.54, 1.807) is 0 Å². The van der Waals surface area contributed by atoms with Gasteiger partial charge in [-0.1, -0.05) is 18.5 Å². The Kier molecular flexibility index (Phi) is 4.43. The Morgan fingerprint density at radius 1 is 1.32 bits per heavy atom. The van der Waals surface area contributed by atoms with E-state index < -0.39 is 0 Å². The summed E-state index contributed by atoms with van der Waals surface area (Å²) in [6, 6.07) is 5.84. The van der Waals surface area contributed by atoms with Crippen molar-refractivity contribution in [1.29, 1.82) is 0 Å². The first-order valence-corrected chi connectivity index (χ1v) is 6.88. The maximum absolute atomic E-state index is 6.21. The Hall–Kier alpha value is -1.55. The van der Waals surface area contributed by atoms with E-state index >= 15 is 0 Å². The van der Waals surface area contributed by atoms with Gasteiger partial charge in [0.05, 0.1) is 23.0 Å². The highest BCUT2D eigenvalue weighted by atomic mass is 35.5. The van der Waals surface area contributed by atoms with Crippen molar-refractivity contribution in [2.75, 3.05) is 11.9 Å². The number of nitrogens with one attached hydrogen (secondary N) is 1. The number of pyridine rings is 1. The molecule has 0 aliphatic heterocycles. The number of hydrogen-bond acceptors (Lipinski definition) is 3. The topological polar surface area (TPSA) is 42.7 Å². The van der Waals surface area contributed by atoms with Gasteiger partial charge in [0.1, 0.15) is 5.82 Å². The number of hydrogen-bond donors (Lipinski definition) is 1. The predicted octanol–water partition coefficient (Wildman–Crippen LogP) is 3.42. The second-order valence-corrected chi connectivity index (χ2v) is 5.04. The maximum Gasteiger partial charge on any atom is 0.126 e. The molecule has 0 spiro atoms. The molecule has 2 aromatic heterocycles. The Morgan fingerprint density at radius 3 is 2.74 bits per heavy atom. The van der Waals surface area contributed by atoms with E-state index in [1.165, 1.54) is 0 Å². The molecule has 0 aromatic carbocycles. The van der Waals surface area contributed by atoms with Gasteiger partial charge in [0.15, 0.2) is 0 Å². The van der Waals surface area contributed by atoms with Crippen LogP contribution in [-0.2, 0) is 6.54 Å². The van der Waals surface area contributed by atoms with Crippen LogP contribution in [0.1, 0.15) is 30.4 Å². The Bertz CT molecular complexity index is 563. The van der Waals surface area contributed by atoms with Gasteiger partial charge >= 0.3 is 0 Å². The second kappa shape index (κ2) is 6.06. The second-order valence-electron chi connectivity index (χ2n) is 4.64. The van der Waals surface area contributed by atoms with Crippen molar-refractivity contribution >= 4 is 17.4 Å². The first kappa shape index (κ1) is 13.9. The quantitative estimate of drug-likeness (QED) is 0.911. The van der Waals surface area contributed by atoms with Gasteiger partial charge in [-0.05, 0) is 38.5 Å². The lowest BCUT2D eigenvalue weighted by atomic mass is 10.3. The predicted molar refractivity (Wildman–Crippen MR) is 78.8 cm³/mol. The van der Waals surface area contributed by atoms with E-state index in [4.69, 9.17) is 11.6 Å². The highest BCUT2D eigenvalue weighted by molar-refractivity contribution is 6.31. The normalized spacial score (nSPS) is 10.7. The Labute approximate surface area is 118 Å². The molecule has 0 saturated carbocycles. The number of rotatable bonds is 5. The molecule has 0 aliphatic carbocycles. The first-order chi connectivity index (χ1) is 9.10. The van der Waals surface area contributed by atoms with Crippen molar-refractivity contribution < 1.29 is 0 Å². The Morgan fingerprint density at radius 2 is 2.11 bits per heavy atom. The molecule has 102 valence electrons. The summed E-state index contributed by atoms with van der Waals surface area (Å²) in [4.78, 5) is 4.55. The van der Waals surface area contributed by atoms with Gasteiger partial charge in [-0.2, -0.15) is 5.10 Å². The molecule has 0 radical (unpaired) electrons. The van der Waals surface area contributed by atoms with Crippen LogP contribution in [0.3, 0.4) is 0 Å². The molecule has 1 N–H and O–H groups in total. The molecule has 0 unspecified atom stereocenters. The zero-order chi connectivity index (χ0) is 13.8. The molecular formula is C14H19ClN4. The monoisotopic (exact) mass is 278 g/mol. The van der Waals surface area contributed by atoms with Crippen LogP contribution in [-0.4, -0.2) is 21.3 Å². The molecule has 2 heterocycles. The lowest BCUT2D eigenvalue weighted by Gasteiger charge is -2.09. The minimum absolute atomic E-state index is 0.597. The van der Waals surface area contributed by atoms with Gasteiger partial charge in [-0.3, -0.25) is 4.68 Å². The minimum atomic E-state index is 0.597. The highest BCUT2D eigenvalue weighted by Crippen LogP contribution is 2.18. The molecule has 2 rings (SSSR count). The Balaban J connectivity index is 2.21. The van der Waals surface area contributed by atoms with E-state index in [2.05, 4.69) is 22.3 Å². The van der Waals surface area contributed by atoms with E-state index in [-0.39, 0.29) is 0 Å². The van der Waals surface area contributed by atoms with Crippen molar-refractivity contribution in [2.45, 2.75) is 33.7 Å². The molecular weight excluding hydrogens is 260 g/mol. The third-order valence-electron chi connectivity index (χ3n) is 2.88. The summed E-state index contributed by atoms with van der Waals surface area (Å²) in [5, 5.41) is 8.38. The lowest BCUT2D eigenvalue weighted by molar-refractivity contribution is 0.647. The molecule has 19 heavy (non-hydrogen) atoms. The third-order valence-corrected chi connectivity index (χ3v) is 3.22. The number of anilines is 1. The van der Waals surface area contributed by atoms with Crippen LogP contribution >= 0.6 is 11.6 Å². The molecule has 4 nitrogen and oxygen atoms in total. The van der Waals surface area contributed by atoms with Gasteiger partial charge in [0, 0.05) is 12.2 Å². The van der Waals surface area contributed by atoms with Gasteiger partial charge in [-0.25, -0.2) is 4.98 Å². The summed E-state index contributed by atoms with van der Waals surface area (Å²) in [7, 11) is 0. The standard InChI is InChI=1S/C14H19ClN4/c1-4-7-16-14-6-5-12(15)13(17-14)9-19-11(3)8-10(2)18-19/h5-6,8H,4,7,9H2,1-3H3,(H,16,17). The van der Waals surface area contributed by atoms with Crippen LogP contribution < -0.4 is 5.32 Å². The van der Waals surface area contributed by atoms with Crippen molar-refractivity contribution in [1.82, 2.24) is 14.8 Å². The van der Waals surface area contributed by atoms with E-state index in [1.807, 2.05) is 36.7 Å². The molecule has 0 amide bonds. The van der Waals surface area contributed by atoms with Crippen molar-refractivity contribution in [3.05, 3.63) is 40.3 Å². The smallest absolute Gasteiger partial charge is 0.126 e.